The van der Waals surface area contributed by atoms with Crippen LogP contribution in [-0.2, 0) is 4.74 Å². The Balaban J connectivity index is 2.10. The predicted molar refractivity (Wildman–Crippen MR) is 51.3 cm³/mol. The lowest BCUT2D eigenvalue weighted by atomic mass is 10.2. The maximum absolute atomic E-state index is 5.29. The molecule has 70 valence electrons. The summed E-state index contributed by atoms with van der Waals surface area (Å²) in [5.74, 6) is 0. The Morgan fingerprint density at radius 3 is 2.92 bits per heavy atom. The molecule has 0 aromatic carbocycles. The molecule has 1 fully saturated rings. The van der Waals surface area contributed by atoms with Crippen LogP contribution in [0.15, 0.2) is 12.2 Å². The van der Waals surface area contributed by atoms with Crippen molar-refractivity contribution in [3.8, 4) is 0 Å². The fourth-order valence-corrected chi connectivity index (χ4v) is 1.69. The lowest BCUT2D eigenvalue weighted by molar-refractivity contribution is 0.107. The van der Waals surface area contributed by atoms with Crippen molar-refractivity contribution in [2.24, 2.45) is 0 Å². The number of allylic oxidation sites excluding steroid dienone is 1. The number of nitrogens with one attached hydrogen (secondary N) is 1. The number of rotatable bonds is 4. The van der Waals surface area contributed by atoms with Gasteiger partial charge in [-0.05, 0) is 26.2 Å². The van der Waals surface area contributed by atoms with Crippen molar-refractivity contribution in [1.29, 1.82) is 0 Å². The van der Waals surface area contributed by atoms with E-state index in [1.165, 1.54) is 19.3 Å². The summed E-state index contributed by atoms with van der Waals surface area (Å²) in [6.45, 7) is 3.05. The fraction of sp³-hybridized carbons (Fsp3) is 0.800. The summed E-state index contributed by atoms with van der Waals surface area (Å²) in [5, 5.41) is 3.48. The van der Waals surface area contributed by atoms with E-state index in [2.05, 4.69) is 17.5 Å². The number of hydrogen-bond donors (Lipinski definition) is 1. The van der Waals surface area contributed by atoms with E-state index in [0.717, 1.165) is 6.54 Å². The van der Waals surface area contributed by atoms with E-state index in [9.17, 15) is 0 Å². The highest BCUT2D eigenvalue weighted by molar-refractivity contribution is 4.86. The van der Waals surface area contributed by atoms with Crippen LogP contribution >= 0.6 is 0 Å². The van der Waals surface area contributed by atoms with E-state index < -0.39 is 0 Å². The van der Waals surface area contributed by atoms with Crippen LogP contribution in [0.1, 0.15) is 26.2 Å². The maximum atomic E-state index is 5.29. The molecule has 0 aliphatic heterocycles. The molecule has 0 heterocycles. The normalized spacial score (nSPS) is 30.2. The summed E-state index contributed by atoms with van der Waals surface area (Å²) in [6, 6.07) is 0.672. The molecular weight excluding hydrogens is 150 g/mol. The topological polar surface area (TPSA) is 21.3 Å². The Morgan fingerprint density at radius 2 is 2.33 bits per heavy atom. The van der Waals surface area contributed by atoms with Gasteiger partial charge < -0.3 is 10.1 Å². The van der Waals surface area contributed by atoms with Crippen molar-refractivity contribution in [2.75, 3.05) is 13.7 Å². The summed E-state index contributed by atoms with van der Waals surface area (Å²) in [6.07, 6.45) is 8.37. The van der Waals surface area contributed by atoms with Gasteiger partial charge in [-0.2, -0.15) is 0 Å². The Labute approximate surface area is 75.0 Å². The second-order valence-corrected chi connectivity index (χ2v) is 3.34. The Morgan fingerprint density at radius 1 is 1.50 bits per heavy atom. The average molecular weight is 169 g/mol. The van der Waals surface area contributed by atoms with Crippen LogP contribution in [0.2, 0.25) is 0 Å². The minimum absolute atomic E-state index is 0.494. The van der Waals surface area contributed by atoms with Gasteiger partial charge in [0.15, 0.2) is 0 Å². The molecule has 0 amide bonds. The van der Waals surface area contributed by atoms with Crippen molar-refractivity contribution in [1.82, 2.24) is 5.32 Å². The molecule has 1 aliphatic rings. The first-order valence-electron chi connectivity index (χ1n) is 4.74. The van der Waals surface area contributed by atoms with E-state index in [1.807, 2.05) is 6.92 Å². The average Bonchev–Trinajstić information content (AvgIpc) is 2.53. The number of methoxy groups -OCH3 is 1. The van der Waals surface area contributed by atoms with Crippen LogP contribution in [-0.4, -0.2) is 25.8 Å². The third-order valence-electron chi connectivity index (χ3n) is 2.48. The summed E-state index contributed by atoms with van der Waals surface area (Å²) in [5.41, 5.74) is 0. The van der Waals surface area contributed by atoms with Crippen molar-refractivity contribution in [3.05, 3.63) is 12.2 Å². The minimum atomic E-state index is 0.494. The zero-order chi connectivity index (χ0) is 8.81. The summed E-state index contributed by atoms with van der Waals surface area (Å²) in [4.78, 5) is 0. The molecule has 0 radical (unpaired) electrons. The van der Waals surface area contributed by atoms with Gasteiger partial charge in [0.05, 0.1) is 6.10 Å². The maximum Gasteiger partial charge on any atom is 0.0586 e. The molecule has 1 saturated carbocycles. The number of ether oxygens (including phenoxy) is 1. The molecule has 1 aliphatic carbocycles. The molecule has 2 atom stereocenters. The Kier molecular flexibility index (Phi) is 4.33. The third-order valence-corrected chi connectivity index (χ3v) is 2.48. The Hall–Kier alpha value is -0.340. The van der Waals surface area contributed by atoms with Gasteiger partial charge in [0.1, 0.15) is 0 Å². The summed E-state index contributed by atoms with van der Waals surface area (Å²) >= 11 is 0. The largest absolute Gasteiger partial charge is 0.381 e. The molecule has 12 heavy (non-hydrogen) atoms. The van der Waals surface area contributed by atoms with E-state index >= 15 is 0 Å². The van der Waals surface area contributed by atoms with Gasteiger partial charge in [-0.1, -0.05) is 12.2 Å². The second-order valence-electron chi connectivity index (χ2n) is 3.34. The lowest BCUT2D eigenvalue weighted by Gasteiger charge is -2.10. The minimum Gasteiger partial charge on any atom is -0.381 e. The monoisotopic (exact) mass is 169 g/mol. The van der Waals surface area contributed by atoms with E-state index in [1.54, 1.807) is 7.11 Å². The van der Waals surface area contributed by atoms with Crippen LogP contribution in [0, 0.1) is 0 Å². The van der Waals surface area contributed by atoms with Crippen molar-refractivity contribution in [3.63, 3.8) is 0 Å². The van der Waals surface area contributed by atoms with Crippen LogP contribution < -0.4 is 5.32 Å². The van der Waals surface area contributed by atoms with Gasteiger partial charge in [0.25, 0.3) is 0 Å². The first-order valence-corrected chi connectivity index (χ1v) is 4.74. The zero-order valence-electron chi connectivity index (χ0n) is 8.05. The molecule has 2 unspecified atom stereocenters. The highest BCUT2D eigenvalue weighted by atomic mass is 16.5. The fourth-order valence-electron chi connectivity index (χ4n) is 1.69. The SMILES string of the molecule is C/C=C/CNC1CCC(OC)C1. The molecular formula is C10H19NO. The van der Waals surface area contributed by atoms with Gasteiger partial charge in [-0.3, -0.25) is 0 Å². The molecule has 0 aromatic heterocycles. The van der Waals surface area contributed by atoms with Crippen molar-refractivity contribution < 1.29 is 4.74 Å². The van der Waals surface area contributed by atoms with Crippen LogP contribution in [0.3, 0.4) is 0 Å². The van der Waals surface area contributed by atoms with Gasteiger partial charge in [0, 0.05) is 19.7 Å². The van der Waals surface area contributed by atoms with Crippen LogP contribution in [0.4, 0.5) is 0 Å². The molecule has 0 saturated heterocycles. The standard InChI is InChI=1S/C10H19NO/c1-3-4-7-11-9-5-6-10(8-9)12-2/h3-4,9-11H,5-8H2,1-2H3/b4-3+. The van der Waals surface area contributed by atoms with Gasteiger partial charge in [0.2, 0.25) is 0 Å². The van der Waals surface area contributed by atoms with Gasteiger partial charge >= 0.3 is 0 Å². The molecule has 0 aromatic rings. The molecule has 1 N–H and O–H groups in total. The second kappa shape index (κ2) is 5.33. The summed E-state index contributed by atoms with van der Waals surface area (Å²) < 4.78 is 5.29. The Bertz CT molecular complexity index is 145. The lowest BCUT2D eigenvalue weighted by Crippen LogP contribution is -2.27. The molecule has 0 bridgehead atoms. The summed E-state index contributed by atoms with van der Waals surface area (Å²) in [7, 11) is 1.80. The third kappa shape index (κ3) is 2.95. The van der Waals surface area contributed by atoms with Crippen molar-refractivity contribution >= 4 is 0 Å². The van der Waals surface area contributed by atoms with Crippen LogP contribution in [0.5, 0.6) is 0 Å². The number of hydrogen-bond acceptors (Lipinski definition) is 2. The molecule has 0 spiro atoms. The van der Waals surface area contributed by atoms with E-state index in [0.29, 0.717) is 12.1 Å². The quantitative estimate of drug-likeness (QED) is 0.647. The first-order chi connectivity index (χ1) is 5.86. The molecule has 2 heteroatoms. The highest BCUT2D eigenvalue weighted by Gasteiger charge is 2.23. The van der Waals surface area contributed by atoms with Crippen LogP contribution in [0.25, 0.3) is 0 Å². The zero-order valence-corrected chi connectivity index (χ0v) is 8.05. The first kappa shape index (κ1) is 9.75. The van der Waals surface area contributed by atoms with Crippen molar-refractivity contribution in [2.45, 2.75) is 38.3 Å². The molecule has 1 rings (SSSR count). The highest BCUT2D eigenvalue weighted by Crippen LogP contribution is 2.20. The van der Waals surface area contributed by atoms with Gasteiger partial charge in [-0.25, -0.2) is 0 Å². The smallest absolute Gasteiger partial charge is 0.0586 e. The predicted octanol–water partition coefficient (Wildman–Crippen LogP) is 1.72. The molecule has 2 nitrogen and oxygen atoms in total. The van der Waals surface area contributed by atoms with Gasteiger partial charge in [-0.15, -0.1) is 0 Å². The van der Waals surface area contributed by atoms with E-state index in [4.69, 9.17) is 4.74 Å². The van der Waals surface area contributed by atoms with E-state index in [-0.39, 0.29) is 0 Å².